The molecule has 0 amide bonds. The highest BCUT2D eigenvalue weighted by Crippen LogP contribution is 2.32. The van der Waals surface area contributed by atoms with Crippen LogP contribution < -0.4 is 5.32 Å². The zero-order chi connectivity index (χ0) is 14.3. The maximum Gasteiger partial charge on any atom is 0.320 e. The summed E-state index contributed by atoms with van der Waals surface area (Å²) in [5.41, 5.74) is 0. The molecule has 0 saturated heterocycles. The second-order valence-corrected chi connectivity index (χ2v) is 6.47. The molecule has 3 nitrogen and oxygen atoms in total. The zero-order valence-electron chi connectivity index (χ0n) is 12.8. The SMILES string of the molecule is CCCCC(NCC1CCC(C(C)C)CC1)C(=O)O. The summed E-state index contributed by atoms with van der Waals surface area (Å²) in [6.07, 6.45) is 7.96. The largest absolute Gasteiger partial charge is 0.480 e. The standard InChI is InChI=1S/C16H31NO2/c1-4-5-6-15(16(18)19)17-11-13-7-9-14(10-8-13)12(2)3/h12-15,17H,4-11H2,1-3H3,(H,18,19). The second-order valence-electron chi connectivity index (χ2n) is 6.47. The van der Waals surface area contributed by atoms with Gasteiger partial charge in [0.05, 0.1) is 0 Å². The minimum Gasteiger partial charge on any atom is -0.480 e. The summed E-state index contributed by atoms with van der Waals surface area (Å²) in [6, 6.07) is -0.345. The normalized spacial score (nSPS) is 25.5. The van der Waals surface area contributed by atoms with Gasteiger partial charge in [0.2, 0.25) is 0 Å². The van der Waals surface area contributed by atoms with Gasteiger partial charge >= 0.3 is 5.97 Å². The third kappa shape index (κ3) is 5.94. The average molecular weight is 269 g/mol. The molecule has 0 spiro atoms. The van der Waals surface area contributed by atoms with E-state index in [1.807, 2.05) is 0 Å². The summed E-state index contributed by atoms with van der Waals surface area (Å²) in [7, 11) is 0. The van der Waals surface area contributed by atoms with E-state index in [2.05, 4.69) is 26.1 Å². The molecule has 3 heteroatoms. The number of carboxylic acids is 1. The van der Waals surface area contributed by atoms with Crippen LogP contribution in [0.15, 0.2) is 0 Å². The summed E-state index contributed by atoms with van der Waals surface area (Å²) in [4.78, 5) is 11.2. The van der Waals surface area contributed by atoms with Crippen molar-refractivity contribution in [3.05, 3.63) is 0 Å². The van der Waals surface area contributed by atoms with Crippen LogP contribution in [0.25, 0.3) is 0 Å². The van der Waals surface area contributed by atoms with Gasteiger partial charge in [-0.3, -0.25) is 4.79 Å². The molecule has 1 aliphatic rings. The highest BCUT2D eigenvalue weighted by atomic mass is 16.4. The molecule has 0 aromatic heterocycles. The molecule has 1 saturated carbocycles. The summed E-state index contributed by atoms with van der Waals surface area (Å²) in [5, 5.41) is 12.4. The van der Waals surface area contributed by atoms with E-state index in [-0.39, 0.29) is 6.04 Å². The Kier molecular flexibility index (Phi) is 7.44. The van der Waals surface area contributed by atoms with E-state index < -0.39 is 5.97 Å². The minimum atomic E-state index is -0.690. The molecule has 1 atom stereocenters. The topological polar surface area (TPSA) is 49.3 Å². The van der Waals surface area contributed by atoms with Crippen LogP contribution in [0.5, 0.6) is 0 Å². The van der Waals surface area contributed by atoms with E-state index in [0.717, 1.165) is 37.6 Å². The van der Waals surface area contributed by atoms with Gasteiger partial charge in [0.1, 0.15) is 6.04 Å². The fourth-order valence-electron chi connectivity index (χ4n) is 3.09. The molecule has 1 aliphatic carbocycles. The number of carbonyl (C=O) groups is 1. The molecule has 0 aromatic carbocycles. The maximum atomic E-state index is 11.2. The molecule has 0 aromatic rings. The number of rotatable bonds is 8. The first-order valence-electron chi connectivity index (χ1n) is 8.00. The van der Waals surface area contributed by atoms with Gasteiger partial charge in [-0.15, -0.1) is 0 Å². The van der Waals surface area contributed by atoms with Crippen molar-refractivity contribution in [3.8, 4) is 0 Å². The monoisotopic (exact) mass is 269 g/mol. The maximum absolute atomic E-state index is 11.2. The lowest BCUT2D eigenvalue weighted by atomic mass is 9.77. The Balaban J connectivity index is 2.26. The lowest BCUT2D eigenvalue weighted by Gasteiger charge is -2.31. The van der Waals surface area contributed by atoms with E-state index in [1.165, 1.54) is 25.7 Å². The van der Waals surface area contributed by atoms with Crippen LogP contribution in [0.4, 0.5) is 0 Å². The van der Waals surface area contributed by atoms with Crippen molar-refractivity contribution in [2.45, 2.75) is 71.8 Å². The van der Waals surface area contributed by atoms with Crippen LogP contribution in [0.3, 0.4) is 0 Å². The van der Waals surface area contributed by atoms with Gasteiger partial charge in [-0.1, -0.05) is 33.6 Å². The molecular formula is C16H31NO2. The van der Waals surface area contributed by atoms with Crippen LogP contribution in [0, 0.1) is 17.8 Å². The molecule has 0 bridgehead atoms. The van der Waals surface area contributed by atoms with Gasteiger partial charge in [0, 0.05) is 0 Å². The molecule has 0 radical (unpaired) electrons. The fourth-order valence-corrected chi connectivity index (χ4v) is 3.09. The number of hydrogen-bond donors (Lipinski definition) is 2. The smallest absolute Gasteiger partial charge is 0.320 e. The summed E-state index contributed by atoms with van der Waals surface area (Å²) in [6.45, 7) is 7.61. The van der Waals surface area contributed by atoms with Crippen molar-refractivity contribution in [2.75, 3.05) is 6.54 Å². The predicted octanol–water partition coefficient (Wildman–Crippen LogP) is 3.68. The second kappa shape index (κ2) is 8.57. The molecule has 19 heavy (non-hydrogen) atoms. The predicted molar refractivity (Wildman–Crippen MR) is 79.2 cm³/mol. The molecule has 112 valence electrons. The van der Waals surface area contributed by atoms with E-state index in [4.69, 9.17) is 0 Å². The van der Waals surface area contributed by atoms with Gasteiger partial charge in [-0.2, -0.15) is 0 Å². The number of aliphatic carboxylic acids is 1. The first-order chi connectivity index (χ1) is 9.04. The molecule has 0 heterocycles. The first-order valence-corrected chi connectivity index (χ1v) is 8.00. The Labute approximate surface area is 118 Å². The van der Waals surface area contributed by atoms with Crippen LogP contribution in [0.2, 0.25) is 0 Å². The van der Waals surface area contributed by atoms with Crippen LogP contribution in [0.1, 0.15) is 65.7 Å². The lowest BCUT2D eigenvalue weighted by Crippen LogP contribution is -2.40. The van der Waals surface area contributed by atoms with E-state index >= 15 is 0 Å². The highest BCUT2D eigenvalue weighted by molar-refractivity contribution is 5.73. The third-order valence-electron chi connectivity index (χ3n) is 4.63. The van der Waals surface area contributed by atoms with Crippen molar-refractivity contribution in [2.24, 2.45) is 17.8 Å². The lowest BCUT2D eigenvalue weighted by molar-refractivity contribution is -0.139. The van der Waals surface area contributed by atoms with Crippen LogP contribution >= 0.6 is 0 Å². The Morgan fingerprint density at radius 3 is 2.37 bits per heavy atom. The first kappa shape index (κ1) is 16.5. The molecule has 2 N–H and O–H groups in total. The number of unbranched alkanes of at least 4 members (excludes halogenated alkanes) is 1. The summed E-state index contributed by atoms with van der Waals surface area (Å²) < 4.78 is 0. The Hall–Kier alpha value is -0.570. The Morgan fingerprint density at radius 1 is 1.26 bits per heavy atom. The van der Waals surface area contributed by atoms with Gasteiger partial charge < -0.3 is 10.4 Å². The van der Waals surface area contributed by atoms with Crippen molar-refractivity contribution >= 4 is 5.97 Å². The Morgan fingerprint density at radius 2 is 1.89 bits per heavy atom. The minimum absolute atomic E-state index is 0.345. The highest BCUT2D eigenvalue weighted by Gasteiger charge is 2.24. The summed E-state index contributed by atoms with van der Waals surface area (Å²) in [5.74, 6) is 1.67. The van der Waals surface area contributed by atoms with Gasteiger partial charge in [0.15, 0.2) is 0 Å². The summed E-state index contributed by atoms with van der Waals surface area (Å²) >= 11 is 0. The molecular weight excluding hydrogens is 238 g/mol. The van der Waals surface area contributed by atoms with Crippen molar-refractivity contribution < 1.29 is 9.90 Å². The van der Waals surface area contributed by atoms with Crippen LogP contribution in [-0.2, 0) is 4.79 Å². The van der Waals surface area contributed by atoms with E-state index in [0.29, 0.717) is 5.92 Å². The third-order valence-corrected chi connectivity index (χ3v) is 4.63. The number of nitrogens with one attached hydrogen (secondary N) is 1. The zero-order valence-corrected chi connectivity index (χ0v) is 12.8. The average Bonchev–Trinajstić information content (AvgIpc) is 2.39. The number of hydrogen-bond acceptors (Lipinski definition) is 2. The molecule has 1 rings (SSSR count). The quantitative estimate of drug-likeness (QED) is 0.706. The van der Waals surface area contributed by atoms with E-state index in [9.17, 15) is 9.90 Å². The fraction of sp³-hybridized carbons (Fsp3) is 0.938. The van der Waals surface area contributed by atoms with Crippen LogP contribution in [-0.4, -0.2) is 23.7 Å². The van der Waals surface area contributed by atoms with E-state index in [1.54, 1.807) is 0 Å². The van der Waals surface area contributed by atoms with Gasteiger partial charge in [-0.05, 0) is 56.4 Å². The number of carboxylic acid groups (broad SMARTS) is 1. The molecule has 1 fully saturated rings. The van der Waals surface area contributed by atoms with Gasteiger partial charge in [-0.25, -0.2) is 0 Å². The molecule has 0 aliphatic heterocycles. The van der Waals surface area contributed by atoms with Gasteiger partial charge in [0.25, 0.3) is 0 Å². The van der Waals surface area contributed by atoms with Crippen molar-refractivity contribution in [1.29, 1.82) is 0 Å². The van der Waals surface area contributed by atoms with Crippen molar-refractivity contribution in [1.82, 2.24) is 5.32 Å². The van der Waals surface area contributed by atoms with Crippen molar-refractivity contribution in [3.63, 3.8) is 0 Å². The molecule has 1 unspecified atom stereocenters. The Bertz CT molecular complexity index is 257.